The molecule has 10 rings (SSSR count). The number of hydrogen-bond donors (Lipinski definition) is 0. The third kappa shape index (κ3) is 5.32. The van der Waals surface area contributed by atoms with Gasteiger partial charge in [0, 0.05) is 38.7 Å². The van der Waals surface area contributed by atoms with Crippen molar-refractivity contribution >= 4 is 5.78 Å². The maximum absolute atomic E-state index is 13.5. The standard InChI is InChI=1S/C36H50O9/c1-18-12-23-4-6-26-19(2)13-25(39-26)8-10-36-17-30-32(44-36)33-34(43-30)35(45-36)31-27(42-33)7-5-24(41-31)15-22(37)14-21-9-11-38-29(21)16-28(40-23)20(18)3/h18,21,23-35H,2-17H2,1H3/t18-,21+,23+,24-,25+,26+,27+,28-,29+,30-,31+,32+,33?,34?,35+,36+/m1/s1. The molecule has 10 heterocycles. The van der Waals surface area contributed by atoms with Crippen LogP contribution in [-0.4, -0.2) is 97.5 Å². The number of fused-ring (bicyclic) bond motifs is 6. The number of ketones is 1. The molecule has 45 heavy (non-hydrogen) atoms. The number of ether oxygens (including phenoxy) is 8. The zero-order chi connectivity index (χ0) is 30.4. The maximum atomic E-state index is 13.5. The summed E-state index contributed by atoms with van der Waals surface area (Å²) in [6, 6.07) is 0. The largest absolute Gasteiger partial charge is 0.378 e. The van der Waals surface area contributed by atoms with Crippen molar-refractivity contribution in [3.63, 3.8) is 0 Å². The molecule has 0 radical (unpaired) electrons. The zero-order valence-electron chi connectivity index (χ0n) is 26.6. The molecule has 10 aliphatic heterocycles. The van der Waals surface area contributed by atoms with E-state index in [0.29, 0.717) is 31.8 Å². The Morgan fingerprint density at radius 2 is 1.44 bits per heavy atom. The number of carbonyl (C=O) groups is 1. The number of rotatable bonds is 0. The van der Waals surface area contributed by atoms with Crippen molar-refractivity contribution in [2.45, 2.75) is 176 Å². The molecule has 0 aliphatic carbocycles. The Balaban J connectivity index is 0.974. The molecule has 0 aromatic heterocycles. The van der Waals surface area contributed by atoms with Crippen LogP contribution < -0.4 is 0 Å². The Bertz CT molecular complexity index is 1200. The molecule has 0 saturated carbocycles. The quantitative estimate of drug-likeness (QED) is 0.354. The first-order valence-electron chi connectivity index (χ1n) is 17.9. The molecule has 10 fully saturated rings. The van der Waals surface area contributed by atoms with Crippen molar-refractivity contribution in [1.82, 2.24) is 0 Å². The van der Waals surface area contributed by atoms with Gasteiger partial charge >= 0.3 is 0 Å². The van der Waals surface area contributed by atoms with Gasteiger partial charge in [-0.25, -0.2) is 0 Å². The van der Waals surface area contributed by atoms with Crippen molar-refractivity contribution in [1.29, 1.82) is 0 Å². The van der Waals surface area contributed by atoms with Crippen LogP contribution in [0.5, 0.6) is 0 Å². The average molecular weight is 627 g/mol. The summed E-state index contributed by atoms with van der Waals surface area (Å²) in [6.45, 7) is 11.8. The highest BCUT2D eigenvalue weighted by Crippen LogP contribution is 2.54. The Labute approximate surface area is 266 Å². The van der Waals surface area contributed by atoms with Crippen molar-refractivity contribution in [3.8, 4) is 0 Å². The summed E-state index contributed by atoms with van der Waals surface area (Å²) in [4.78, 5) is 13.5. The molecule has 248 valence electrons. The smallest absolute Gasteiger partial charge is 0.172 e. The first-order valence-corrected chi connectivity index (χ1v) is 17.9. The van der Waals surface area contributed by atoms with Gasteiger partial charge in [-0.3, -0.25) is 4.79 Å². The third-order valence-corrected chi connectivity index (χ3v) is 12.7. The van der Waals surface area contributed by atoms with Crippen LogP contribution in [0.4, 0.5) is 0 Å². The second-order valence-corrected chi connectivity index (χ2v) is 15.7. The van der Waals surface area contributed by atoms with Gasteiger partial charge in [0.05, 0.1) is 48.8 Å². The van der Waals surface area contributed by atoms with Crippen LogP contribution in [0, 0.1) is 11.8 Å². The predicted octanol–water partition coefficient (Wildman–Crippen LogP) is 4.73. The lowest BCUT2D eigenvalue weighted by Gasteiger charge is -2.47. The summed E-state index contributed by atoms with van der Waals surface area (Å²) < 4.78 is 53.2. The summed E-state index contributed by atoms with van der Waals surface area (Å²) in [5, 5.41) is 0. The van der Waals surface area contributed by atoms with Crippen LogP contribution >= 0.6 is 0 Å². The molecular weight excluding hydrogens is 576 g/mol. The monoisotopic (exact) mass is 626 g/mol. The van der Waals surface area contributed by atoms with Gasteiger partial charge in [0.2, 0.25) is 0 Å². The lowest BCUT2D eigenvalue weighted by Crippen LogP contribution is -2.61. The van der Waals surface area contributed by atoms with E-state index in [1.54, 1.807) is 0 Å². The SMILES string of the molecule is C=C1C[C@@H]2CC[C@@]34C[C@H]5OC6C(O[C@H]7CC[C@H](CC(=O)C[C@@H]8CCO[C@H]8C[C@H]8O[C@@H](CC[C@@H]1O2)C[C@@H](C)C8=C)O[C@@H]7[C@@H]6O3)[C@H]5O4. The van der Waals surface area contributed by atoms with E-state index in [-0.39, 0.29) is 91.1 Å². The van der Waals surface area contributed by atoms with Crippen LogP contribution in [0.15, 0.2) is 24.3 Å². The van der Waals surface area contributed by atoms with Crippen LogP contribution in [-0.2, 0) is 42.7 Å². The third-order valence-electron chi connectivity index (χ3n) is 12.7. The van der Waals surface area contributed by atoms with Crippen molar-refractivity contribution in [2.75, 3.05) is 6.61 Å². The fraction of sp³-hybridized carbons (Fsp3) is 0.861. The van der Waals surface area contributed by atoms with Gasteiger partial charge in [-0.1, -0.05) is 20.1 Å². The molecule has 1 spiro atoms. The van der Waals surface area contributed by atoms with Crippen LogP contribution in [0.3, 0.4) is 0 Å². The van der Waals surface area contributed by atoms with Gasteiger partial charge in [-0.15, -0.1) is 0 Å². The first kappa shape index (κ1) is 29.9. The number of carbonyl (C=O) groups excluding carboxylic acids is 1. The lowest BCUT2D eigenvalue weighted by molar-refractivity contribution is -0.292. The van der Waals surface area contributed by atoms with Crippen LogP contribution in [0.2, 0.25) is 0 Å². The molecule has 0 aromatic rings. The Morgan fingerprint density at radius 1 is 0.667 bits per heavy atom. The molecule has 10 aliphatic rings. The van der Waals surface area contributed by atoms with Gasteiger partial charge in [0.1, 0.15) is 36.3 Å². The van der Waals surface area contributed by atoms with Crippen molar-refractivity contribution in [2.24, 2.45) is 11.8 Å². The normalized spacial score (nSPS) is 54.6. The Morgan fingerprint density at radius 3 is 2.36 bits per heavy atom. The summed E-state index contributed by atoms with van der Waals surface area (Å²) >= 11 is 0. The topological polar surface area (TPSA) is 90.9 Å². The summed E-state index contributed by atoms with van der Waals surface area (Å²) in [6.07, 6.45) is 9.26. The van der Waals surface area contributed by atoms with Gasteiger partial charge in [0.25, 0.3) is 0 Å². The minimum Gasteiger partial charge on any atom is -0.378 e. The van der Waals surface area contributed by atoms with E-state index >= 15 is 0 Å². The van der Waals surface area contributed by atoms with Gasteiger partial charge < -0.3 is 37.9 Å². The fourth-order valence-electron chi connectivity index (χ4n) is 10.2. The summed E-state index contributed by atoms with van der Waals surface area (Å²) in [7, 11) is 0. The molecule has 2 unspecified atom stereocenters. The van der Waals surface area contributed by atoms with Gasteiger partial charge in [-0.05, 0) is 74.3 Å². The molecule has 0 N–H and O–H groups in total. The zero-order valence-corrected chi connectivity index (χ0v) is 26.6. The lowest BCUT2D eigenvalue weighted by atomic mass is 9.82. The molecular formula is C36H50O9. The predicted molar refractivity (Wildman–Crippen MR) is 161 cm³/mol. The Hall–Kier alpha value is -1.17. The highest BCUT2D eigenvalue weighted by molar-refractivity contribution is 5.79. The second kappa shape index (κ2) is 11.5. The highest BCUT2D eigenvalue weighted by Gasteiger charge is 2.68. The first-order chi connectivity index (χ1) is 21.8. The molecule has 12 bridgehead atoms. The van der Waals surface area contributed by atoms with E-state index in [0.717, 1.165) is 69.8 Å². The van der Waals surface area contributed by atoms with Crippen LogP contribution in [0.25, 0.3) is 0 Å². The van der Waals surface area contributed by atoms with Crippen molar-refractivity contribution in [3.05, 3.63) is 24.3 Å². The molecule has 10 saturated heterocycles. The van der Waals surface area contributed by atoms with E-state index in [1.165, 1.54) is 5.57 Å². The summed E-state index contributed by atoms with van der Waals surface area (Å²) in [5.74, 6) is 0.111. The van der Waals surface area contributed by atoms with Crippen molar-refractivity contribution < 1.29 is 42.7 Å². The fourth-order valence-corrected chi connectivity index (χ4v) is 10.2. The van der Waals surface area contributed by atoms with E-state index in [9.17, 15) is 4.79 Å². The van der Waals surface area contributed by atoms with Gasteiger partial charge in [0.15, 0.2) is 5.79 Å². The molecule has 9 heteroatoms. The van der Waals surface area contributed by atoms with E-state index in [1.807, 2.05) is 0 Å². The average Bonchev–Trinajstić information content (AvgIpc) is 3.72. The minimum atomic E-state index is -0.728. The highest BCUT2D eigenvalue weighted by atomic mass is 16.8. The minimum absolute atomic E-state index is 0.00747. The molecule has 0 aromatic carbocycles. The van der Waals surface area contributed by atoms with E-state index in [4.69, 9.17) is 37.9 Å². The van der Waals surface area contributed by atoms with E-state index in [2.05, 4.69) is 20.1 Å². The molecule has 9 nitrogen and oxygen atoms in total. The number of hydrogen-bond acceptors (Lipinski definition) is 9. The molecule has 0 amide bonds. The molecule has 16 atom stereocenters. The second-order valence-electron chi connectivity index (χ2n) is 15.7. The number of Topliss-reactive ketones (excluding diaryl/α,β-unsaturated/α-hetero) is 1. The van der Waals surface area contributed by atoms with Gasteiger partial charge in [-0.2, -0.15) is 0 Å². The Kier molecular flexibility index (Phi) is 7.63. The van der Waals surface area contributed by atoms with E-state index < -0.39 is 5.79 Å². The maximum Gasteiger partial charge on any atom is 0.172 e. The summed E-state index contributed by atoms with van der Waals surface area (Å²) in [5.41, 5.74) is 2.34. The van der Waals surface area contributed by atoms with Crippen LogP contribution in [0.1, 0.15) is 90.4 Å².